The van der Waals surface area contributed by atoms with Gasteiger partial charge in [-0.1, -0.05) is 72.9 Å². The van der Waals surface area contributed by atoms with Gasteiger partial charge in [-0.2, -0.15) is 0 Å². The molecule has 3 aromatic carbocycles. The number of thiocarbonyl (C=S) groups is 1. The van der Waals surface area contributed by atoms with Crippen molar-refractivity contribution in [3.05, 3.63) is 81.8 Å². The van der Waals surface area contributed by atoms with E-state index in [4.69, 9.17) is 22.1 Å². The molecule has 0 radical (unpaired) electrons. The highest BCUT2D eigenvalue weighted by Gasteiger charge is 2.44. The van der Waals surface area contributed by atoms with Gasteiger partial charge in [0.2, 0.25) is 0 Å². The van der Waals surface area contributed by atoms with Crippen LogP contribution in [-0.4, -0.2) is 39.9 Å². The van der Waals surface area contributed by atoms with Gasteiger partial charge in [0.05, 0.1) is 12.0 Å². The SMILES string of the molecule is COc1ccc2cc(C3c4ccc(/C=C5\SC(=S)N(CC(=O)O)C5=O)cc4[C@@H]4CCC[C@H]34)ccc2c1. The molecule has 1 saturated heterocycles. The van der Waals surface area contributed by atoms with Crippen LogP contribution < -0.4 is 4.74 Å². The first-order valence-corrected chi connectivity index (χ1v) is 13.3. The number of carboxylic acid groups (broad SMARTS) is 1. The van der Waals surface area contributed by atoms with Gasteiger partial charge in [0.25, 0.3) is 5.91 Å². The predicted molar refractivity (Wildman–Crippen MR) is 146 cm³/mol. The van der Waals surface area contributed by atoms with Gasteiger partial charge in [-0.25, -0.2) is 0 Å². The van der Waals surface area contributed by atoms with Crippen molar-refractivity contribution < 1.29 is 19.4 Å². The number of nitrogens with zero attached hydrogens (tertiary/aromatic N) is 1. The lowest BCUT2D eigenvalue weighted by molar-refractivity contribution is -0.140. The normalized spacial score (nSPS) is 24.0. The molecule has 0 bridgehead atoms. The Hall–Kier alpha value is -3.16. The smallest absolute Gasteiger partial charge is 0.323 e. The highest BCUT2D eigenvalue weighted by atomic mass is 32.2. The van der Waals surface area contributed by atoms with Crippen molar-refractivity contribution >= 4 is 57.0 Å². The molecule has 36 heavy (non-hydrogen) atoms. The average Bonchev–Trinajstić information content (AvgIpc) is 3.53. The Kier molecular flexibility index (Phi) is 5.85. The maximum Gasteiger partial charge on any atom is 0.323 e. The third-order valence-electron chi connectivity index (χ3n) is 7.74. The number of ether oxygens (including phenoxy) is 1. The first kappa shape index (κ1) is 23.3. The van der Waals surface area contributed by atoms with E-state index in [1.165, 1.54) is 58.5 Å². The molecule has 1 unspecified atom stereocenters. The van der Waals surface area contributed by atoms with Crippen molar-refractivity contribution in [2.24, 2.45) is 5.92 Å². The zero-order valence-electron chi connectivity index (χ0n) is 19.8. The van der Waals surface area contributed by atoms with Crippen molar-refractivity contribution in [1.82, 2.24) is 4.90 Å². The van der Waals surface area contributed by atoms with E-state index in [1.54, 1.807) is 7.11 Å². The largest absolute Gasteiger partial charge is 0.497 e. The number of carbonyl (C=O) groups excluding carboxylic acids is 1. The van der Waals surface area contributed by atoms with Crippen LogP contribution in [0.5, 0.6) is 5.75 Å². The number of fused-ring (bicyclic) bond motifs is 4. The van der Waals surface area contributed by atoms with E-state index in [0.717, 1.165) is 16.2 Å². The molecule has 0 spiro atoms. The third-order valence-corrected chi connectivity index (χ3v) is 9.12. The zero-order valence-corrected chi connectivity index (χ0v) is 21.4. The molecule has 1 amide bonds. The number of carboxylic acids is 1. The van der Waals surface area contributed by atoms with E-state index in [1.807, 2.05) is 12.1 Å². The van der Waals surface area contributed by atoms with Crippen LogP contribution in [-0.2, 0) is 9.59 Å². The lowest BCUT2D eigenvalue weighted by atomic mass is 9.83. The number of amides is 1. The van der Waals surface area contributed by atoms with Crippen LogP contribution in [0.2, 0.25) is 0 Å². The van der Waals surface area contributed by atoms with Crippen molar-refractivity contribution in [3.8, 4) is 5.75 Å². The number of hydrogen-bond acceptors (Lipinski definition) is 5. The maximum absolute atomic E-state index is 12.7. The minimum absolute atomic E-state index is 0.291. The van der Waals surface area contributed by atoms with Gasteiger partial charge in [-0.15, -0.1) is 0 Å². The molecular weight excluding hydrogens is 490 g/mol. The fourth-order valence-corrected chi connectivity index (χ4v) is 7.46. The molecule has 3 aromatic rings. The van der Waals surface area contributed by atoms with Gasteiger partial charge in [0.1, 0.15) is 16.6 Å². The lowest BCUT2D eigenvalue weighted by Gasteiger charge is -2.20. The summed E-state index contributed by atoms with van der Waals surface area (Å²) in [6.07, 6.45) is 5.48. The number of carbonyl (C=O) groups is 2. The number of methoxy groups -OCH3 is 1. The topological polar surface area (TPSA) is 66.8 Å². The summed E-state index contributed by atoms with van der Waals surface area (Å²) < 4.78 is 5.68. The molecule has 3 aliphatic rings. The minimum atomic E-state index is -1.07. The molecule has 1 saturated carbocycles. The number of aliphatic carboxylic acids is 1. The maximum atomic E-state index is 12.7. The molecule has 3 atom stereocenters. The third kappa shape index (κ3) is 3.91. The fraction of sp³-hybridized carbons (Fsp3) is 0.276. The fourth-order valence-electron chi connectivity index (χ4n) is 6.20. The molecule has 0 aromatic heterocycles. The molecule has 6 rings (SSSR count). The van der Waals surface area contributed by atoms with Crippen LogP contribution in [0.4, 0.5) is 0 Å². The monoisotopic (exact) mass is 515 g/mol. The standard InChI is InChI=1S/C29H25NO4S2/c1-34-20-9-8-17-13-19(7-6-18(17)14-20)27-22-4-2-3-21(22)24-11-16(5-10-23(24)27)12-25-28(33)30(15-26(31)32)29(35)36-25/h5-14,21-22,27H,2-4,15H2,1H3,(H,31,32)/b25-12-/t21-,22+,27?/m1/s1. The number of benzene rings is 3. The summed E-state index contributed by atoms with van der Waals surface area (Å²) in [6.45, 7) is -0.407. The van der Waals surface area contributed by atoms with Crippen LogP contribution in [0.15, 0.2) is 59.5 Å². The molecule has 2 fully saturated rings. The molecular formula is C29H25NO4S2. The quantitative estimate of drug-likeness (QED) is 0.324. The Morgan fingerprint density at radius 3 is 2.72 bits per heavy atom. The Morgan fingerprint density at radius 1 is 1.11 bits per heavy atom. The van der Waals surface area contributed by atoms with E-state index < -0.39 is 12.5 Å². The number of thioether (sulfide) groups is 1. The van der Waals surface area contributed by atoms with Crippen LogP contribution in [0, 0.1) is 5.92 Å². The van der Waals surface area contributed by atoms with Gasteiger partial charge in [-0.05, 0) is 75.9 Å². The van der Waals surface area contributed by atoms with E-state index >= 15 is 0 Å². The van der Waals surface area contributed by atoms with Crippen molar-refractivity contribution in [2.45, 2.75) is 31.1 Å². The molecule has 1 heterocycles. The van der Waals surface area contributed by atoms with Crippen molar-refractivity contribution in [3.63, 3.8) is 0 Å². The Balaban J connectivity index is 1.35. The Morgan fingerprint density at radius 2 is 1.92 bits per heavy atom. The van der Waals surface area contributed by atoms with E-state index in [-0.39, 0.29) is 5.91 Å². The van der Waals surface area contributed by atoms with Gasteiger partial charge < -0.3 is 9.84 Å². The summed E-state index contributed by atoms with van der Waals surface area (Å²) in [6, 6.07) is 19.5. The summed E-state index contributed by atoms with van der Waals surface area (Å²) in [5, 5.41) is 11.5. The van der Waals surface area contributed by atoms with Gasteiger partial charge in [0, 0.05) is 5.92 Å². The highest BCUT2D eigenvalue weighted by Crippen LogP contribution is 2.57. The zero-order chi connectivity index (χ0) is 25.0. The molecule has 1 N–H and O–H groups in total. The van der Waals surface area contributed by atoms with Crippen LogP contribution >= 0.6 is 24.0 Å². The summed E-state index contributed by atoms with van der Waals surface area (Å²) in [5.74, 6) is 0.922. The predicted octanol–water partition coefficient (Wildman–Crippen LogP) is 6.16. The summed E-state index contributed by atoms with van der Waals surface area (Å²) in [7, 11) is 1.69. The second kappa shape index (κ2) is 9.05. The van der Waals surface area contributed by atoms with E-state index in [0.29, 0.717) is 27.0 Å². The second-order valence-corrected chi connectivity index (χ2v) is 11.4. The Bertz CT molecular complexity index is 1460. The highest BCUT2D eigenvalue weighted by molar-refractivity contribution is 8.26. The second-order valence-electron chi connectivity index (χ2n) is 9.70. The van der Waals surface area contributed by atoms with Crippen LogP contribution in [0.3, 0.4) is 0 Å². The molecule has 2 aliphatic carbocycles. The minimum Gasteiger partial charge on any atom is -0.497 e. The Labute approximate surface area is 219 Å². The van der Waals surface area contributed by atoms with E-state index in [2.05, 4.69) is 48.5 Å². The van der Waals surface area contributed by atoms with Gasteiger partial charge in [-0.3, -0.25) is 14.5 Å². The average molecular weight is 516 g/mol. The molecule has 182 valence electrons. The van der Waals surface area contributed by atoms with Gasteiger partial charge in [0.15, 0.2) is 0 Å². The molecule has 5 nitrogen and oxygen atoms in total. The van der Waals surface area contributed by atoms with Crippen LogP contribution in [0.1, 0.15) is 53.4 Å². The van der Waals surface area contributed by atoms with Gasteiger partial charge >= 0.3 is 5.97 Å². The van der Waals surface area contributed by atoms with Crippen molar-refractivity contribution in [2.75, 3.05) is 13.7 Å². The first-order valence-electron chi connectivity index (χ1n) is 12.1. The summed E-state index contributed by atoms with van der Waals surface area (Å²) in [5.41, 5.74) is 5.08. The summed E-state index contributed by atoms with van der Waals surface area (Å²) >= 11 is 6.41. The molecule has 1 aliphatic heterocycles. The van der Waals surface area contributed by atoms with E-state index in [9.17, 15) is 9.59 Å². The first-order chi connectivity index (χ1) is 17.4. The van der Waals surface area contributed by atoms with Crippen LogP contribution in [0.25, 0.3) is 16.8 Å². The summed E-state index contributed by atoms with van der Waals surface area (Å²) in [4.78, 5) is 25.5. The number of rotatable bonds is 5. The molecule has 7 heteroatoms. The lowest BCUT2D eigenvalue weighted by Crippen LogP contribution is -2.33. The number of hydrogen-bond donors (Lipinski definition) is 1. The van der Waals surface area contributed by atoms with Crippen molar-refractivity contribution in [1.29, 1.82) is 0 Å².